The number of para-hydroxylation sites is 2. The van der Waals surface area contributed by atoms with Gasteiger partial charge in [-0.3, -0.25) is 14.5 Å². The van der Waals surface area contributed by atoms with Crippen LogP contribution in [-0.4, -0.2) is 21.8 Å². The van der Waals surface area contributed by atoms with E-state index in [4.69, 9.17) is 0 Å². The molecule has 0 saturated heterocycles. The topological polar surface area (TPSA) is 78.1 Å². The molecule has 33 heavy (non-hydrogen) atoms. The maximum Gasteiger partial charge on any atom is 0.270 e. The zero-order chi connectivity index (χ0) is 22.5. The van der Waals surface area contributed by atoms with Gasteiger partial charge >= 0.3 is 0 Å². The standard InChI is InChI=1S/C27H20N4O2/c1-16-11-12-19-24(13-16)31(17-7-3-2-4-8-17)27(33)25(19)30-26(32)22-14-20-18-9-5-6-10-21(18)29-23(20)15-28-22/h2-15,25,29H,1H3,(H,30,32). The number of nitrogens with one attached hydrogen (secondary N) is 2. The molecule has 2 amide bonds. The number of hydrogen-bond donors (Lipinski definition) is 2. The number of carbonyl (C=O) groups is 2. The maximum atomic E-state index is 13.5. The predicted molar refractivity (Wildman–Crippen MR) is 129 cm³/mol. The van der Waals surface area contributed by atoms with Crippen molar-refractivity contribution >= 4 is 45.0 Å². The van der Waals surface area contributed by atoms with Crippen LogP contribution in [0.3, 0.4) is 0 Å². The van der Waals surface area contributed by atoms with Crippen LogP contribution in [0.2, 0.25) is 0 Å². The van der Waals surface area contributed by atoms with Crippen molar-refractivity contribution in [2.45, 2.75) is 13.0 Å². The molecule has 0 fully saturated rings. The molecule has 3 heterocycles. The molecular weight excluding hydrogens is 412 g/mol. The average Bonchev–Trinajstić information content (AvgIpc) is 3.33. The van der Waals surface area contributed by atoms with Crippen LogP contribution < -0.4 is 10.2 Å². The number of pyridine rings is 1. The Labute approximate surface area is 189 Å². The van der Waals surface area contributed by atoms with Crippen molar-refractivity contribution < 1.29 is 9.59 Å². The fraction of sp³-hybridized carbons (Fsp3) is 0.0741. The number of hydrogen-bond acceptors (Lipinski definition) is 3. The van der Waals surface area contributed by atoms with Crippen LogP contribution in [0.15, 0.2) is 85.1 Å². The van der Waals surface area contributed by atoms with E-state index in [1.54, 1.807) is 17.2 Å². The highest BCUT2D eigenvalue weighted by molar-refractivity contribution is 6.13. The van der Waals surface area contributed by atoms with Gasteiger partial charge < -0.3 is 10.3 Å². The Kier molecular flexibility index (Phi) is 4.26. The molecule has 0 radical (unpaired) electrons. The predicted octanol–water partition coefficient (Wildman–Crippen LogP) is 5.17. The summed E-state index contributed by atoms with van der Waals surface area (Å²) in [5.74, 6) is -0.578. The van der Waals surface area contributed by atoms with Gasteiger partial charge in [-0.1, -0.05) is 48.5 Å². The number of fused-ring (bicyclic) bond motifs is 4. The monoisotopic (exact) mass is 432 g/mol. The van der Waals surface area contributed by atoms with E-state index in [1.165, 1.54) is 0 Å². The third kappa shape index (κ3) is 3.07. The molecule has 0 saturated carbocycles. The highest BCUT2D eigenvalue weighted by Gasteiger charge is 2.39. The molecule has 6 nitrogen and oxygen atoms in total. The Morgan fingerprint density at radius 1 is 0.939 bits per heavy atom. The first-order chi connectivity index (χ1) is 16.1. The lowest BCUT2D eigenvalue weighted by Gasteiger charge is -2.18. The maximum absolute atomic E-state index is 13.5. The molecule has 160 valence electrons. The van der Waals surface area contributed by atoms with Crippen LogP contribution in [0.1, 0.15) is 27.7 Å². The summed E-state index contributed by atoms with van der Waals surface area (Å²) in [6.45, 7) is 1.99. The fourth-order valence-corrected chi connectivity index (χ4v) is 4.53. The van der Waals surface area contributed by atoms with Gasteiger partial charge in [-0.2, -0.15) is 0 Å². The summed E-state index contributed by atoms with van der Waals surface area (Å²) < 4.78 is 0. The minimum atomic E-state index is -0.784. The molecule has 2 aromatic heterocycles. The molecule has 3 aromatic carbocycles. The quantitative estimate of drug-likeness (QED) is 0.413. The molecule has 6 rings (SSSR count). The van der Waals surface area contributed by atoms with E-state index in [1.807, 2.05) is 79.7 Å². The molecule has 1 aliphatic heterocycles. The van der Waals surface area contributed by atoms with Crippen LogP contribution in [0.25, 0.3) is 21.8 Å². The second-order valence-corrected chi connectivity index (χ2v) is 8.26. The number of aromatic nitrogens is 2. The first-order valence-electron chi connectivity index (χ1n) is 10.8. The van der Waals surface area contributed by atoms with E-state index >= 15 is 0 Å². The lowest BCUT2D eigenvalue weighted by molar-refractivity contribution is -0.119. The molecule has 5 aromatic rings. The van der Waals surface area contributed by atoms with E-state index in [0.717, 1.165) is 44.3 Å². The van der Waals surface area contributed by atoms with Gasteiger partial charge in [0.15, 0.2) is 0 Å². The lowest BCUT2D eigenvalue weighted by Crippen LogP contribution is -2.36. The van der Waals surface area contributed by atoms with E-state index in [2.05, 4.69) is 15.3 Å². The van der Waals surface area contributed by atoms with Crippen LogP contribution in [-0.2, 0) is 4.79 Å². The summed E-state index contributed by atoms with van der Waals surface area (Å²) in [6.07, 6.45) is 1.66. The minimum Gasteiger partial charge on any atom is -0.353 e. The van der Waals surface area contributed by atoms with Crippen molar-refractivity contribution in [2.75, 3.05) is 4.90 Å². The minimum absolute atomic E-state index is 0.191. The van der Waals surface area contributed by atoms with Crippen molar-refractivity contribution in [3.63, 3.8) is 0 Å². The van der Waals surface area contributed by atoms with E-state index in [-0.39, 0.29) is 17.5 Å². The summed E-state index contributed by atoms with van der Waals surface area (Å²) in [5.41, 5.74) is 5.49. The number of benzene rings is 3. The number of nitrogens with zero attached hydrogens (tertiary/aromatic N) is 2. The largest absolute Gasteiger partial charge is 0.353 e. The number of rotatable bonds is 3. The van der Waals surface area contributed by atoms with E-state index in [0.29, 0.717) is 0 Å². The summed E-state index contributed by atoms with van der Waals surface area (Å²) in [6, 6.07) is 24.2. The Morgan fingerprint density at radius 2 is 1.73 bits per heavy atom. The SMILES string of the molecule is Cc1ccc2c(c1)N(c1ccccc1)C(=O)C2NC(=O)c1cc2c(cn1)[nH]c1ccccc12. The smallest absolute Gasteiger partial charge is 0.270 e. The summed E-state index contributed by atoms with van der Waals surface area (Å²) in [4.78, 5) is 36.0. The number of aryl methyl sites for hydroxylation is 1. The number of carbonyl (C=O) groups excluding carboxylic acids is 2. The summed E-state index contributed by atoms with van der Waals surface area (Å²) >= 11 is 0. The number of anilines is 2. The van der Waals surface area contributed by atoms with Crippen molar-refractivity contribution in [3.05, 3.63) is 102 Å². The molecule has 2 N–H and O–H groups in total. The molecule has 0 aliphatic carbocycles. The molecule has 1 unspecified atom stereocenters. The highest BCUT2D eigenvalue weighted by Crippen LogP contribution is 2.41. The number of amides is 2. The van der Waals surface area contributed by atoms with Gasteiger partial charge in [0.25, 0.3) is 11.8 Å². The van der Waals surface area contributed by atoms with Crippen LogP contribution in [0, 0.1) is 6.92 Å². The van der Waals surface area contributed by atoms with E-state index < -0.39 is 6.04 Å². The van der Waals surface area contributed by atoms with Gasteiger partial charge in [-0.15, -0.1) is 0 Å². The van der Waals surface area contributed by atoms with Gasteiger partial charge in [-0.05, 0) is 42.8 Å². The van der Waals surface area contributed by atoms with Gasteiger partial charge in [0, 0.05) is 27.5 Å². The normalized spacial score (nSPS) is 15.2. The molecular formula is C27H20N4O2. The third-order valence-electron chi connectivity index (χ3n) is 6.12. The van der Waals surface area contributed by atoms with Gasteiger partial charge in [0.2, 0.25) is 0 Å². The summed E-state index contributed by atoms with van der Waals surface area (Å²) in [7, 11) is 0. The van der Waals surface area contributed by atoms with Crippen molar-refractivity contribution in [1.82, 2.24) is 15.3 Å². The number of aromatic amines is 1. The zero-order valence-corrected chi connectivity index (χ0v) is 17.9. The van der Waals surface area contributed by atoms with Crippen molar-refractivity contribution in [1.29, 1.82) is 0 Å². The highest BCUT2D eigenvalue weighted by atomic mass is 16.2. The Bertz CT molecular complexity index is 1560. The molecule has 1 atom stereocenters. The van der Waals surface area contributed by atoms with Gasteiger partial charge in [0.05, 0.1) is 17.4 Å². The van der Waals surface area contributed by atoms with Gasteiger partial charge in [0.1, 0.15) is 11.7 Å². The molecule has 0 spiro atoms. The van der Waals surface area contributed by atoms with Crippen molar-refractivity contribution in [3.8, 4) is 0 Å². The van der Waals surface area contributed by atoms with E-state index in [9.17, 15) is 9.59 Å². The van der Waals surface area contributed by atoms with Gasteiger partial charge in [-0.25, -0.2) is 4.98 Å². The van der Waals surface area contributed by atoms with Crippen LogP contribution in [0.4, 0.5) is 11.4 Å². The Morgan fingerprint density at radius 3 is 2.58 bits per heavy atom. The zero-order valence-electron chi connectivity index (χ0n) is 17.9. The Hall–Kier alpha value is -4.45. The second kappa shape index (κ2) is 7.31. The first-order valence-corrected chi connectivity index (χ1v) is 10.8. The molecule has 0 bridgehead atoms. The van der Waals surface area contributed by atoms with Crippen LogP contribution >= 0.6 is 0 Å². The fourth-order valence-electron chi connectivity index (χ4n) is 4.53. The Balaban J connectivity index is 1.37. The average molecular weight is 432 g/mol. The number of H-pyrrole nitrogens is 1. The summed E-state index contributed by atoms with van der Waals surface area (Å²) in [5, 5.41) is 4.87. The second-order valence-electron chi connectivity index (χ2n) is 8.26. The third-order valence-corrected chi connectivity index (χ3v) is 6.12. The first kappa shape index (κ1) is 19.3. The lowest BCUT2D eigenvalue weighted by atomic mass is 10.1. The van der Waals surface area contributed by atoms with Crippen LogP contribution in [0.5, 0.6) is 0 Å². The van der Waals surface area contributed by atoms with Crippen molar-refractivity contribution in [2.24, 2.45) is 0 Å². The molecule has 6 heteroatoms. The molecule has 1 aliphatic rings.